The predicted molar refractivity (Wildman–Crippen MR) is 80.3 cm³/mol. The molecule has 0 radical (unpaired) electrons. The van der Waals surface area contributed by atoms with Gasteiger partial charge in [-0.1, -0.05) is 27.7 Å². The third-order valence-corrected chi connectivity index (χ3v) is 4.46. The number of hydrogen-bond donors (Lipinski definition) is 2. The summed E-state index contributed by atoms with van der Waals surface area (Å²) in [6.45, 7) is 11.0. The van der Waals surface area contributed by atoms with Crippen LogP contribution >= 0.6 is 0 Å². The summed E-state index contributed by atoms with van der Waals surface area (Å²) in [6.07, 6.45) is 4.47. The zero-order valence-electron chi connectivity index (χ0n) is 13.2. The van der Waals surface area contributed by atoms with E-state index in [9.17, 15) is 5.11 Å². The number of hydrogen-bond acceptors (Lipinski definition) is 3. The van der Waals surface area contributed by atoms with Crippen molar-refractivity contribution in [1.29, 1.82) is 0 Å². The molecular formula is C16H33NO2. The Morgan fingerprint density at radius 2 is 2.00 bits per heavy atom. The van der Waals surface area contributed by atoms with E-state index in [1.54, 1.807) is 0 Å². The highest BCUT2D eigenvalue weighted by atomic mass is 16.5. The standard InChI is InChI=1S/C16H33NO2/c1-12(2)6-5-9-19-11-15(18)10-17-16-8-7-13(3)14(16)4/h12-18H,5-11H2,1-4H3. The van der Waals surface area contributed by atoms with E-state index in [1.807, 2.05) is 0 Å². The summed E-state index contributed by atoms with van der Waals surface area (Å²) in [4.78, 5) is 0. The fourth-order valence-electron chi connectivity index (χ4n) is 2.81. The van der Waals surface area contributed by atoms with E-state index in [-0.39, 0.29) is 6.10 Å². The van der Waals surface area contributed by atoms with Gasteiger partial charge in [-0.05, 0) is 43.4 Å². The Balaban J connectivity index is 2.00. The Labute approximate surface area is 119 Å². The molecule has 0 heterocycles. The summed E-state index contributed by atoms with van der Waals surface area (Å²) in [5.41, 5.74) is 0. The highest BCUT2D eigenvalue weighted by Crippen LogP contribution is 2.30. The van der Waals surface area contributed by atoms with Crippen LogP contribution in [0, 0.1) is 17.8 Å². The second kappa shape index (κ2) is 8.93. The molecule has 0 amide bonds. The molecule has 3 heteroatoms. The predicted octanol–water partition coefficient (Wildman–Crippen LogP) is 2.82. The fraction of sp³-hybridized carbons (Fsp3) is 1.00. The van der Waals surface area contributed by atoms with E-state index in [2.05, 4.69) is 33.0 Å². The van der Waals surface area contributed by atoms with Gasteiger partial charge in [0, 0.05) is 19.2 Å². The lowest BCUT2D eigenvalue weighted by molar-refractivity contribution is 0.0328. The van der Waals surface area contributed by atoms with E-state index in [0.717, 1.165) is 30.8 Å². The quantitative estimate of drug-likeness (QED) is 0.634. The third kappa shape index (κ3) is 6.73. The molecular weight excluding hydrogens is 238 g/mol. The Kier molecular flexibility index (Phi) is 7.96. The van der Waals surface area contributed by atoms with E-state index in [4.69, 9.17) is 4.74 Å². The molecule has 19 heavy (non-hydrogen) atoms. The van der Waals surface area contributed by atoms with Gasteiger partial charge < -0.3 is 15.2 Å². The van der Waals surface area contributed by atoms with Crippen LogP contribution in [-0.2, 0) is 4.74 Å². The maximum atomic E-state index is 9.88. The molecule has 0 aromatic rings. The van der Waals surface area contributed by atoms with Gasteiger partial charge in [0.15, 0.2) is 0 Å². The summed E-state index contributed by atoms with van der Waals surface area (Å²) >= 11 is 0. The molecule has 0 spiro atoms. The first-order valence-electron chi connectivity index (χ1n) is 8.00. The molecule has 4 unspecified atom stereocenters. The largest absolute Gasteiger partial charge is 0.389 e. The lowest BCUT2D eigenvalue weighted by Gasteiger charge is -2.21. The number of aliphatic hydroxyl groups excluding tert-OH is 1. The van der Waals surface area contributed by atoms with Crippen molar-refractivity contribution in [3.05, 3.63) is 0 Å². The molecule has 1 aliphatic carbocycles. The summed E-state index contributed by atoms with van der Waals surface area (Å²) in [7, 11) is 0. The minimum Gasteiger partial charge on any atom is -0.389 e. The highest BCUT2D eigenvalue weighted by molar-refractivity contribution is 4.85. The number of aliphatic hydroxyl groups is 1. The minimum absolute atomic E-state index is 0.373. The molecule has 1 rings (SSSR count). The Bertz CT molecular complexity index is 233. The van der Waals surface area contributed by atoms with Gasteiger partial charge in [0.05, 0.1) is 12.7 Å². The molecule has 3 nitrogen and oxygen atoms in total. The summed E-state index contributed by atoms with van der Waals surface area (Å²) in [6, 6.07) is 0.575. The maximum absolute atomic E-state index is 9.88. The van der Waals surface area contributed by atoms with Crippen molar-refractivity contribution in [3.8, 4) is 0 Å². The Morgan fingerprint density at radius 1 is 1.26 bits per heavy atom. The van der Waals surface area contributed by atoms with Crippen LogP contribution in [0.15, 0.2) is 0 Å². The Hall–Kier alpha value is -0.120. The van der Waals surface area contributed by atoms with Gasteiger partial charge in [-0.25, -0.2) is 0 Å². The second-order valence-corrected chi connectivity index (χ2v) is 6.69. The van der Waals surface area contributed by atoms with E-state index < -0.39 is 0 Å². The molecule has 4 atom stereocenters. The molecule has 1 fully saturated rings. The van der Waals surface area contributed by atoms with Gasteiger partial charge >= 0.3 is 0 Å². The molecule has 0 aromatic heterocycles. The first kappa shape index (κ1) is 16.9. The van der Waals surface area contributed by atoms with Gasteiger partial charge in [-0.15, -0.1) is 0 Å². The Morgan fingerprint density at radius 3 is 2.58 bits per heavy atom. The van der Waals surface area contributed by atoms with Gasteiger partial charge in [0.1, 0.15) is 0 Å². The van der Waals surface area contributed by atoms with Crippen LogP contribution in [0.3, 0.4) is 0 Å². The molecule has 0 bridgehead atoms. The lowest BCUT2D eigenvalue weighted by atomic mass is 9.98. The zero-order chi connectivity index (χ0) is 14.3. The molecule has 1 saturated carbocycles. The van der Waals surface area contributed by atoms with Crippen molar-refractivity contribution in [2.75, 3.05) is 19.8 Å². The van der Waals surface area contributed by atoms with Crippen LogP contribution in [0.2, 0.25) is 0 Å². The number of rotatable bonds is 9. The zero-order valence-corrected chi connectivity index (χ0v) is 13.2. The maximum Gasteiger partial charge on any atom is 0.0897 e. The summed E-state index contributed by atoms with van der Waals surface area (Å²) in [5, 5.41) is 13.4. The monoisotopic (exact) mass is 271 g/mol. The van der Waals surface area contributed by atoms with Crippen LogP contribution < -0.4 is 5.32 Å². The van der Waals surface area contributed by atoms with Crippen molar-refractivity contribution in [2.45, 2.75) is 65.5 Å². The fourth-order valence-corrected chi connectivity index (χ4v) is 2.81. The summed E-state index contributed by atoms with van der Waals surface area (Å²) in [5.74, 6) is 2.27. The second-order valence-electron chi connectivity index (χ2n) is 6.69. The van der Waals surface area contributed by atoms with Crippen LogP contribution in [0.25, 0.3) is 0 Å². The van der Waals surface area contributed by atoms with E-state index in [1.165, 1.54) is 19.3 Å². The average molecular weight is 271 g/mol. The van der Waals surface area contributed by atoms with Gasteiger partial charge in [0.25, 0.3) is 0 Å². The van der Waals surface area contributed by atoms with Gasteiger partial charge in [-0.3, -0.25) is 0 Å². The van der Waals surface area contributed by atoms with Crippen molar-refractivity contribution < 1.29 is 9.84 Å². The van der Waals surface area contributed by atoms with Crippen molar-refractivity contribution >= 4 is 0 Å². The summed E-state index contributed by atoms with van der Waals surface area (Å²) < 4.78 is 5.52. The van der Waals surface area contributed by atoms with Crippen molar-refractivity contribution in [1.82, 2.24) is 5.32 Å². The van der Waals surface area contributed by atoms with E-state index in [0.29, 0.717) is 19.2 Å². The molecule has 0 saturated heterocycles. The van der Waals surface area contributed by atoms with Crippen LogP contribution in [0.1, 0.15) is 53.4 Å². The number of nitrogens with one attached hydrogen (secondary N) is 1. The van der Waals surface area contributed by atoms with E-state index >= 15 is 0 Å². The third-order valence-electron chi connectivity index (χ3n) is 4.46. The first-order chi connectivity index (χ1) is 9.00. The minimum atomic E-state index is -0.373. The van der Waals surface area contributed by atoms with Gasteiger partial charge in [-0.2, -0.15) is 0 Å². The SMILES string of the molecule is CC(C)CCCOCC(O)CNC1CCC(C)C1C. The molecule has 114 valence electrons. The average Bonchev–Trinajstić information content (AvgIpc) is 2.67. The lowest BCUT2D eigenvalue weighted by Crippen LogP contribution is -2.39. The molecule has 1 aliphatic rings. The molecule has 0 aromatic carbocycles. The smallest absolute Gasteiger partial charge is 0.0897 e. The van der Waals surface area contributed by atoms with Crippen molar-refractivity contribution in [2.24, 2.45) is 17.8 Å². The topological polar surface area (TPSA) is 41.5 Å². The highest BCUT2D eigenvalue weighted by Gasteiger charge is 2.29. The van der Waals surface area contributed by atoms with Crippen LogP contribution in [0.4, 0.5) is 0 Å². The van der Waals surface area contributed by atoms with Crippen LogP contribution in [0.5, 0.6) is 0 Å². The van der Waals surface area contributed by atoms with Crippen LogP contribution in [-0.4, -0.2) is 37.0 Å². The normalized spacial score (nSPS) is 29.1. The van der Waals surface area contributed by atoms with Crippen molar-refractivity contribution in [3.63, 3.8) is 0 Å². The molecule has 0 aliphatic heterocycles. The number of ether oxygens (including phenoxy) is 1. The molecule has 2 N–H and O–H groups in total. The van der Waals surface area contributed by atoms with Gasteiger partial charge in [0.2, 0.25) is 0 Å². The first-order valence-corrected chi connectivity index (χ1v) is 8.00.